The van der Waals surface area contributed by atoms with Gasteiger partial charge in [-0.15, -0.1) is 0 Å². The van der Waals surface area contributed by atoms with Crippen LogP contribution in [0.5, 0.6) is 0 Å². The second-order valence-corrected chi connectivity index (χ2v) is 5.49. The Kier molecular flexibility index (Phi) is 4.43. The van der Waals surface area contributed by atoms with Crippen LogP contribution in [0.3, 0.4) is 0 Å². The molecule has 1 aromatic carbocycles. The van der Waals surface area contributed by atoms with E-state index in [4.69, 9.17) is 5.73 Å². The zero-order valence-electron chi connectivity index (χ0n) is 11.6. The fourth-order valence-electron chi connectivity index (χ4n) is 2.33. The summed E-state index contributed by atoms with van der Waals surface area (Å²) in [5, 5.41) is 5.86. The molecule has 0 spiro atoms. The molecular weight excluding hydrogens is 238 g/mol. The molecule has 1 fully saturated rings. The first-order chi connectivity index (χ1) is 9.06. The third-order valence-electron chi connectivity index (χ3n) is 3.89. The number of carbonyl (C=O) groups excluding carboxylic acids is 1. The molecule has 0 aromatic heterocycles. The van der Waals surface area contributed by atoms with Gasteiger partial charge in [0, 0.05) is 17.8 Å². The molecule has 4 nitrogen and oxygen atoms in total. The number of urea groups is 1. The normalized spacial score (nSPS) is 18.3. The molecule has 19 heavy (non-hydrogen) atoms. The van der Waals surface area contributed by atoms with Gasteiger partial charge in [0.2, 0.25) is 0 Å². The molecule has 2 amide bonds. The summed E-state index contributed by atoms with van der Waals surface area (Å²) in [5.74, 6) is 0.640. The van der Waals surface area contributed by atoms with E-state index in [0.717, 1.165) is 11.3 Å². The van der Waals surface area contributed by atoms with Crippen LogP contribution < -0.4 is 16.4 Å². The van der Waals surface area contributed by atoms with Gasteiger partial charge >= 0.3 is 6.03 Å². The third kappa shape index (κ3) is 3.70. The summed E-state index contributed by atoms with van der Waals surface area (Å²) in [4.78, 5) is 11.9. The number of hydrogen-bond donors (Lipinski definition) is 3. The molecule has 4 N–H and O–H groups in total. The van der Waals surface area contributed by atoms with Crippen molar-refractivity contribution >= 4 is 11.7 Å². The van der Waals surface area contributed by atoms with Crippen LogP contribution in [0.15, 0.2) is 24.3 Å². The number of hydrogen-bond acceptors (Lipinski definition) is 2. The number of carbonyl (C=O) groups is 1. The predicted molar refractivity (Wildman–Crippen MR) is 78.0 cm³/mol. The molecule has 1 aliphatic rings. The van der Waals surface area contributed by atoms with Gasteiger partial charge in [-0.05, 0) is 50.3 Å². The maximum Gasteiger partial charge on any atom is 0.319 e. The summed E-state index contributed by atoms with van der Waals surface area (Å²) in [7, 11) is 0. The van der Waals surface area contributed by atoms with Gasteiger partial charge in [-0.2, -0.15) is 0 Å². The molecule has 4 heteroatoms. The summed E-state index contributed by atoms with van der Waals surface area (Å²) in [6.07, 6.45) is 3.73. The Hall–Kier alpha value is -1.55. The van der Waals surface area contributed by atoms with E-state index in [1.807, 2.05) is 31.2 Å². The lowest BCUT2D eigenvalue weighted by Crippen LogP contribution is -2.42. The highest BCUT2D eigenvalue weighted by Gasteiger charge is 2.24. The molecule has 0 radical (unpaired) electrons. The van der Waals surface area contributed by atoms with Crippen molar-refractivity contribution in [1.29, 1.82) is 0 Å². The number of rotatable bonds is 4. The first kappa shape index (κ1) is 13.9. The molecule has 2 unspecified atom stereocenters. The molecule has 2 rings (SSSR count). The van der Waals surface area contributed by atoms with E-state index in [1.54, 1.807) is 0 Å². The molecule has 1 aromatic rings. The molecule has 0 saturated heterocycles. The molecule has 0 aliphatic heterocycles. The van der Waals surface area contributed by atoms with Crippen molar-refractivity contribution in [3.63, 3.8) is 0 Å². The largest absolute Gasteiger partial charge is 0.335 e. The lowest BCUT2D eigenvalue weighted by molar-refractivity contribution is 0.222. The maximum absolute atomic E-state index is 11.9. The van der Waals surface area contributed by atoms with Crippen molar-refractivity contribution in [3.05, 3.63) is 29.8 Å². The van der Waals surface area contributed by atoms with Crippen molar-refractivity contribution in [2.24, 2.45) is 11.7 Å². The van der Waals surface area contributed by atoms with Crippen molar-refractivity contribution in [2.75, 3.05) is 5.32 Å². The Morgan fingerprint density at radius 2 is 2.11 bits per heavy atom. The average molecular weight is 261 g/mol. The molecule has 104 valence electrons. The van der Waals surface area contributed by atoms with Gasteiger partial charge in [0.25, 0.3) is 0 Å². The Morgan fingerprint density at radius 1 is 1.37 bits per heavy atom. The molecule has 2 atom stereocenters. The van der Waals surface area contributed by atoms with Crippen LogP contribution in [0, 0.1) is 5.92 Å². The van der Waals surface area contributed by atoms with Gasteiger partial charge in [0.05, 0.1) is 0 Å². The fraction of sp³-hybridized carbons (Fsp3) is 0.533. The van der Waals surface area contributed by atoms with Gasteiger partial charge in [0.15, 0.2) is 0 Å². The minimum absolute atomic E-state index is 0.0290. The Bertz CT molecular complexity index is 441. The second kappa shape index (κ2) is 6.06. The summed E-state index contributed by atoms with van der Waals surface area (Å²) in [6.45, 7) is 4.00. The molecule has 1 aliphatic carbocycles. The highest BCUT2D eigenvalue weighted by Crippen LogP contribution is 2.29. The van der Waals surface area contributed by atoms with Crippen LogP contribution in [0.2, 0.25) is 0 Å². The quantitative estimate of drug-likeness (QED) is 0.780. The zero-order chi connectivity index (χ0) is 13.8. The third-order valence-corrected chi connectivity index (χ3v) is 3.89. The molecular formula is C15H23N3O. The van der Waals surface area contributed by atoms with Gasteiger partial charge in [-0.1, -0.05) is 18.6 Å². The first-order valence-electron chi connectivity index (χ1n) is 6.99. The standard InChI is InChI=1S/C15H23N3O/c1-10(16)13-7-4-8-14(9-13)18-15(19)17-11(2)12-5-3-6-12/h4,7-12H,3,5-6,16H2,1-2H3,(H2,17,18,19). The summed E-state index contributed by atoms with van der Waals surface area (Å²) in [5.41, 5.74) is 7.63. The van der Waals surface area contributed by atoms with Crippen molar-refractivity contribution < 1.29 is 4.79 Å². The van der Waals surface area contributed by atoms with E-state index in [1.165, 1.54) is 19.3 Å². The SMILES string of the molecule is CC(N)c1cccc(NC(=O)NC(C)C2CCC2)c1. The van der Waals surface area contributed by atoms with Gasteiger partial charge < -0.3 is 16.4 Å². The Balaban J connectivity index is 1.89. The summed E-state index contributed by atoms with van der Waals surface area (Å²) in [6, 6.07) is 7.73. The minimum Gasteiger partial charge on any atom is -0.335 e. The van der Waals surface area contributed by atoms with Gasteiger partial charge in [-0.3, -0.25) is 0 Å². The Labute approximate surface area is 114 Å². The fourth-order valence-corrected chi connectivity index (χ4v) is 2.33. The summed E-state index contributed by atoms with van der Waals surface area (Å²) < 4.78 is 0. The highest BCUT2D eigenvalue weighted by atomic mass is 16.2. The number of amides is 2. The Morgan fingerprint density at radius 3 is 2.68 bits per heavy atom. The van der Waals surface area contributed by atoms with E-state index < -0.39 is 0 Å². The first-order valence-corrected chi connectivity index (χ1v) is 6.99. The van der Waals surface area contributed by atoms with E-state index in [0.29, 0.717) is 5.92 Å². The molecule has 1 saturated carbocycles. The highest BCUT2D eigenvalue weighted by molar-refractivity contribution is 5.89. The van der Waals surface area contributed by atoms with Crippen LogP contribution in [0.4, 0.5) is 10.5 Å². The van der Waals surface area contributed by atoms with E-state index in [-0.39, 0.29) is 18.1 Å². The number of benzene rings is 1. The van der Waals surface area contributed by atoms with Gasteiger partial charge in [0.1, 0.15) is 0 Å². The van der Waals surface area contributed by atoms with Crippen molar-refractivity contribution in [1.82, 2.24) is 5.32 Å². The second-order valence-electron chi connectivity index (χ2n) is 5.49. The van der Waals surface area contributed by atoms with Gasteiger partial charge in [-0.25, -0.2) is 4.79 Å². The van der Waals surface area contributed by atoms with Crippen molar-refractivity contribution in [2.45, 2.75) is 45.2 Å². The van der Waals surface area contributed by atoms with Crippen LogP contribution in [-0.4, -0.2) is 12.1 Å². The lowest BCUT2D eigenvalue weighted by Gasteiger charge is -2.31. The average Bonchev–Trinajstić information content (AvgIpc) is 2.26. The summed E-state index contributed by atoms with van der Waals surface area (Å²) >= 11 is 0. The number of nitrogens with two attached hydrogens (primary N) is 1. The number of nitrogens with one attached hydrogen (secondary N) is 2. The van der Waals surface area contributed by atoms with Crippen LogP contribution in [0.1, 0.15) is 44.7 Å². The van der Waals surface area contributed by atoms with E-state index in [2.05, 4.69) is 17.6 Å². The predicted octanol–water partition coefficient (Wildman–Crippen LogP) is 3.02. The van der Waals surface area contributed by atoms with Crippen LogP contribution in [-0.2, 0) is 0 Å². The van der Waals surface area contributed by atoms with Crippen LogP contribution in [0.25, 0.3) is 0 Å². The van der Waals surface area contributed by atoms with Crippen LogP contribution >= 0.6 is 0 Å². The zero-order valence-corrected chi connectivity index (χ0v) is 11.6. The minimum atomic E-state index is -0.138. The topological polar surface area (TPSA) is 67.1 Å². The molecule has 0 heterocycles. The van der Waals surface area contributed by atoms with E-state index in [9.17, 15) is 4.79 Å². The van der Waals surface area contributed by atoms with Crippen molar-refractivity contribution in [3.8, 4) is 0 Å². The van der Waals surface area contributed by atoms with E-state index >= 15 is 0 Å². The molecule has 0 bridgehead atoms. The smallest absolute Gasteiger partial charge is 0.319 e. The monoisotopic (exact) mass is 261 g/mol. The number of anilines is 1. The lowest BCUT2D eigenvalue weighted by atomic mass is 9.80. The maximum atomic E-state index is 11.9.